The summed E-state index contributed by atoms with van der Waals surface area (Å²) in [5.74, 6) is 1.91. The number of hydrogen-bond acceptors (Lipinski definition) is 7. The number of hydrogen-bond donors (Lipinski definition) is 0. The van der Waals surface area contributed by atoms with E-state index in [-0.39, 0.29) is 31.3 Å². The second-order valence-corrected chi connectivity index (χ2v) is 6.52. The number of rotatable bonds is 4. The van der Waals surface area contributed by atoms with Crippen molar-refractivity contribution in [3.8, 4) is 22.9 Å². The Morgan fingerprint density at radius 2 is 1.86 bits per heavy atom. The summed E-state index contributed by atoms with van der Waals surface area (Å²) in [6, 6.07) is 12.3. The summed E-state index contributed by atoms with van der Waals surface area (Å²) in [5, 5.41) is 4.47. The van der Waals surface area contributed by atoms with Gasteiger partial charge in [-0.15, -0.1) is 0 Å². The molecule has 1 aliphatic heterocycles. The molecule has 9 nitrogen and oxygen atoms in total. The summed E-state index contributed by atoms with van der Waals surface area (Å²) in [6.45, 7) is 2.26. The molecule has 0 saturated heterocycles. The molecule has 4 aromatic rings. The lowest BCUT2D eigenvalue weighted by molar-refractivity contribution is 0.174. The van der Waals surface area contributed by atoms with E-state index in [0.717, 1.165) is 0 Å². The first-order valence-corrected chi connectivity index (χ1v) is 9.10. The van der Waals surface area contributed by atoms with Crippen molar-refractivity contribution < 1.29 is 14.0 Å². The van der Waals surface area contributed by atoms with Crippen LogP contribution in [-0.2, 0) is 13.1 Å². The minimum Gasteiger partial charge on any atom is -0.454 e. The monoisotopic (exact) mass is 392 g/mol. The van der Waals surface area contributed by atoms with E-state index in [0.29, 0.717) is 33.8 Å². The molecule has 9 heteroatoms. The number of ether oxygens (including phenoxy) is 2. The molecule has 2 aromatic heterocycles. The van der Waals surface area contributed by atoms with Crippen LogP contribution < -0.4 is 20.7 Å². The summed E-state index contributed by atoms with van der Waals surface area (Å²) < 4.78 is 18.7. The Kier molecular flexibility index (Phi) is 3.94. The van der Waals surface area contributed by atoms with Gasteiger partial charge in [0.25, 0.3) is 5.56 Å². The van der Waals surface area contributed by atoms with Crippen molar-refractivity contribution in [1.82, 2.24) is 19.3 Å². The van der Waals surface area contributed by atoms with Gasteiger partial charge in [-0.05, 0) is 37.3 Å². The Balaban J connectivity index is 1.56. The zero-order valence-corrected chi connectivity index (χ0v) is 15.5. The Morgan fingerprint density at radius 1 is 1.03 bits per heavy atom. The normalized spacial score (nSPS) is 12.6. The van der Waals surface area contributed by atoms with Gasteiger partial charge in [0, 0.05) is 12.1 Å². The summed E-state index contributed by atoms with van der Waals surface area (Å²) in [5.41, 5.74) is 0.505. The maximum absolute atomic E-state index is 12.8. The third-order valence-corrected chi connectivity index (χ3v) is 4.84. The van der Waals surface area contributed by atoms with E-state index >= 15 is 0 Å². The summed E-state index contributed by atoms with van der Waals surface area (Å²) >= 11 is 0. The molecule has 3 heterocycles. The van der Waals surface area contributed by atoms with Crippen LogP contribution in [0.15, 0.2) is 56.6 Å². The molecule has 0 bridgehead atoms. The van der Waals surface area contributed by atoms with Crippen molar-refractivity contribution in [2.75, 3.05) is 6.79 Å². The summed E-state index contributed by atoms with van der Waals surface area (Å²) in [4.78, 5) is 29.8. The fourth-order valence-corrected chi connectivity index (χ4v) is 3.41. The van der Waals surface area contributed by atoms with E-state index in [1.165, 1.54) is 9.13 Å². The topological polar surface area (TPSA) is 101 Å². The van der Waals surface area contributed by atoms with Crippen molar-refractivity contribution in [3.05, 3.63) is 69.2 Å². The Labute approximate surface area is 163 Å². The average molecular weight is 392 g/mol. The first kappa shape index (κ1) is 17.2. The molecule has 0 saturated carbocycles. The number of fused-ring (bicyclic) bond motifs is 2. The molecule has 5 rings (SSSR count). The molecule has 29 heavy (non-hydrogen) atoms. The maximum Gasteiger partial charge on any atom is 0.331 e. The smallest absolute Gasteiger partial charge is 0.331 e. The standard InChI is InChI=1S/C20H16N4O5/c1-2-23-19(25)13-5-3-4-6-14(13)24(20(23)26)10-17-21-18(22-29-17)12-7-8-15-16(9-12)28-11-27-15/h3-9H,2,10-11H2,1H3. The molecule has 146 valence electrons. The molecule has 0 spiro atoms. The Hall–Kier alpha value is -3.88. The van der Waals surface area contributed by atoms with Gasteiger partial charge in [-0.3, -0.25) is 13.9 Å². The van der Waals surface area contributed by atoms with Crippen LogP contribution in [0.25, 0.3) is 22.3 Å². The predicted octanol–water partition coefficient (Wildman–Crippen LogP) is 2.01. The fraction of sp³-hybridized carbons (Fsp3) is 0.200. The van der Waals surface area contributed by atoms with Crippen LogP contribution in [0.2, 0.25) is 0 Å². The van der Waals surface area contributed by atoms with Crippen LogP contribution in [0.5, 0.6) is 11.5 Å². The molecule has 0 fully saturated rings. The van der Waals surface area contributed by atoms with Gasteiger partial charge in [0.15, 0.2) is 11.5 Å². The van der Waals surface area contributed by atoms with Crippen molar-refractivity contribution in [3.63, 3.8) is 0 Å². The minimum absolute atomic E-state index is 0.0528. The van der Waals surface area contributed by atoms with Gasteiger partial charge in [-0.2, -0.15) is 4.98 Å². The zero-order chi connectivity index (χ0) is 20.0. The van der Waals surface area contributed by atoms with E-state index in [1.807, 2.05) is 0 Å². The lowest BCUT2D eigenvalue weighted by Gasteiger charge is -2.11. The predicted molar refractivity (Wildman–Crippen MR) is 103 cm³/mol. The third-order valence-electron chi connectivity index (χ3n) is 4.84. The minimum atomic E-state index is -0.418. The third kappa shape index (κ3) is 2.78. The molecule has 0 amide bonds. The van der Waals surface area contributed by atoms with Crippen LogP contribution in [0.4, 0.5) is 0 Å². The van der Waals surface area contributed by atoms with Crippen LogP contribution in [0.1, 0.15) is 12.8 Å². The highest BCUT2D eigenvalue weighted by Gasteiger charge is 2.18. The van der Waals surface area contributed by atoms with Crippen LogP contribution in [0.3, 0.4) is 0 Å². The van der Waals surface area contributed by atoms with E-state index in [9.17, 15) is 9.59 Å². The van der Waals surface area contributed by atoms with Gasteiger partial charge in [-0.1, -0.05) is 17.3 Å². The first-order chi connectivity index (χ1) is 14.2. The Bertz CT molecular complexity index is 1350. The largest absolute Gasteiger partial charge is 0.454 e. The zero-order valence-electron chi connectivity index (χ0n) is 15.5. The van der Waals surface area contributed by atoms with Crippen molar-refractivity contribution in [2.45, 2.75) is 20.0 Å². The number of nitrogens with zero attached hydrogens (tertiary/aromatic N) is 4. The van der Waals surface area contributed by atoms with E-state index < -0.39 is 5.69 Å². The highest BCUT2D eigenvalue weighted by molar-refractivity contribution is 5.77. The van der Waals surface area contributed by atoms with Crippen molar-refractivity contribution >= 4 is 10.9 Å². The molecule has 0 atom stereocenters. The summed E-state index contributed by atoms with van der Waals surface area (Å²) in [7, 11) is 0. The lowest BCUT2D eigenvalue weighted by atomic mass is 10.2. The molecule has 2 aromatic carbocycles. The molecule has 0 N–H and O–H groups in total. The lowest BCUT2D eigenvalue weighted by Crippen LogP contribution is -2.39. The quantitative estimate of drug-likeness (QED) is 0.523. The van der Waals surface area contributed by atoms with Gasteiger partial charge in [0.05, 0.1) is 10.9 Å². The molecular weight excluding hydrogens is 376 g/mol. The van der Waals surface area contributed by atoms with E-state index in [2.05, 4.69) is 10.1 Å². The van der Waals surface area contributed by atoms with Gasteiger partial charge < -0.3 is 14.0 Å². The van der Waals surface area contributed by atoms with Crippen molar-refractivity contribution in [1.29, 1.82) is 0 Å². The first-order valence-electron chi connectivity index (χ1n) is 9.10. The number of aromatic nitrogens is 4. The fourth-order valence-electron chi connectivity index (χ4n) is 3.41. The SMILES string of the molecule is CCn1c(=O)c2ccccc2n(Cc2nc(-c3ccc4c(c3)OCO4)no2)c1=O. The summed E-state index contributed by atoms with van der Waals surface area (Å²) in [6.07, 6.45) is 0. The van der Waals surface area contributed by atoms with Crippen LogP contribution in [0, 0.1) is 0 Å². The molecule has 0 unspecified atom stereocenters. The molecule has 1 aliphatic rings. The van der Waals surface area contributed by atoms with Gasteiger partial charge in [0.1, 0.15) is 6.54 Å². The molecule has 0 radical (unpaired) electrons. The van der Waals surface area contributed by atoms with Crippen molar-refractivity contribution in [2.24, 2.45) is 0 Å². The van der Waals surface area contributed by atoms with Crippen LogP contribution >= 0.6 is 0 Å². The van der Waals surface area contributed by atoms with E-state index in [1.54, 1.807) is 49.4 Å². The maximum atomic E-state index is 12.8. The molecule has 0 aliphatic carbocycles. The second kappa shape index (κ2) is 6.62. The average Bonchev–Trinajstić information content (AvgIpc) is 3.40. The number of benzene rings is 2. The van der Waals surface area contributed by atoms with Gasteiger partial charge in [-0.25, -0.2) is 4.79 Å². The van der Waals surface area contributed by atoms with E-state index in [4.69, 9.17) is 14.0 Å². The number of para-hydroxylation sites is 1. The van der Waals surface area contributed by atoms with Gasteiger partial charge >= 0.3 is 5.69 Å². The Morgan fingerprint density at radius 3 is 2.72 bits per heavy atom. The highest BCUT2D eigenvalue weighted by Crippen LogP contribution is 2.35. The van der Waals surface area contributed by atoms with Crippen LogP contribution in [-0.4, -0.2) is 26.1 Å². The molecular formula is C20H16N4O5. The van der Waals surface area contributed by atoms with Gasteiger partial charge in [0.2, 0.25) is 18.5 Å². The second-order valence-electron chi connectivity index (χ2n) is 6.52. The highest BCUT2D eigenvalue weighted by atomic mass is 16.7.